The van der Waals surface area contributed by atoms with E-state index in [-0.39, 0.29) is 5.92 Å². The molecule has 0 saturated carbocycles. The standard InChI is InChI=1S/C11H15ClN6/c1-7(2)9-10(12)14-5-15-11(9)13-4-8-17-16-6-18(8)3/h5-7H,4H2,1-3H3,(H,13,14,15). The Bertz CT molecular complexity index is 536. The maximum absolute atomic E-state index is 6.09. The number of aromatic nitrogens is 5. The molecule has 2 heterocycles. The monoisotopic (exact) mass is 266 g/mol. The molecule has 96 valence electrons. The van der Waals surface area contributed by atoms with Crippen LogP contribution in [-0.4, -0.2) is 24.7 Å². The van der Waals surface area contributed by atoms with Crippen molar-refractivity contribution >= 4 is 17.4 Å². The van der Waals surface area contributed by atoms with E-state index >= 15 is 0 Å². The first-order valence-electron chi connectivity index (χ1n) is 5.66. The molecule has 0 aliphatic heterocycles. The highest BCUT2D eigenvalue weighted by Crippen LogP contribution is 2.27. The van der Waals surface area contributed by atoms with Gasteiger partial charge in [0.25, 0.3) is 0 Å². The molecular formula is C11H15ClN6. The van der Waals surface area contributed by atoms with Gasteiger partial charge in [0.05, 0.1) is 6.54 Å². The number of anilines is 1. The van der Waals surface area contributed by atoms with Gasteiger partial charge >= 0.3 is 0 Å². The Hall–Kier alpha value is -1.69. The van der Waals surface area contributed by atoms with Crippen molar-refractivity contribution in [3.63, 3.8) is 0 Å². The number of hydrogen-bond donors (Lipinski definition) is 1. The summed E-state index contributed by atoms with van der Waals surface area (Å²) in [5, 5.41) is 11.5. The third-order valence-electron chi connectivity index (χ3n) is 2.63. The van der Waals surface area contributed by atoms with Crippen LogP contribution in [-0.2, 0) is 13.6 Å². The van der Waals surface area contributed by atoms with Crippen molar-refractivity contribution in [3.8, 4) is 0 Å². The Morgan fingerprint density at radius 3 is 2.78 bits per heavy atom. The molecule has 6 nitrogen and oxygen atoms in total. The predicted octanol–water partition coefficient (Wildman–Crippen LogP) is 1.99. The van der Waals surface area contributed by atoms with Crippen LogP contribution in [0.25, 0.3) is 0 Å². The van der Waals surface area contributed by atoms with Gasteiger partial charge in [-0.1, -0.05) is 25.4 Å². The van der Waals surface area contributed by atoms with E-state index in [2.05, 4.69) is 39.3 Å². The van der Waals surface area contributed by atoms with Crippen molar-refractivity contribution in [2.24, 2.45) is 7.05 Å². The summed E-state index contributed by atoms with van der Waals surface area (Å²) in [7, 11) is 1.90. The fourth-order valence-electron chi connectivity index (χ4n) is 1.66. The Kier molecular flexibility index (Phi) is 3.76. The molecule has 0 unspecified atom stereocenters. The van der Waals surface area contributed by atoms with Gasteiger partial charge in [-0.2, -0.15) is 0 Å². The van der Waals surface area contributed by atoms with Gasteiger partial charge in [0, 0.05) is 12.6 Å². The molecule has 0 aliphatic rings. The molecule has 0 aliphatic carbocycles. The molecule has 0 fully saturated rings. The molecule has 2 rings (SSSR count). The molecule has 7 heteroatoms. The number of halogens is 1. The third kappa shape index (κ3) is 2.59. The summed E-state index contributed by atoms with van der Waals surface area (Å²) in [5.74, 6) is 1.83. The Morgan fingerprint density at radius 2 is 2.17 bits per heavy atom. The molecule has 2 aromatic heterocycles. The molecule has 0 bridgehead atoms. The molecule has 0 saturated heterocycles. The molecule has 0 spiro atoms. The minimum Gasteiger partial charge on any atom is -0.362 e. The van der Waals surface area contributed by atoms with Crippen molar-refractivity contribution in [1.82, 2.24) is 24.7 Å². The summed E-state index contributed by atoms with van der Waals surface area (Å²) in [5.41, 5.74) is 0.918. The number of aryl methyl sites for hydroxylation is 1. The van der Waals surface area contributed by atoms with Crippen LogP contribution in [0.15, 0.2) is 12.7 Å². The second-order valence-corrected chi connectivity index (χ2v) is 4.65. The number of nitrogens with zero attached hydrogens (tertiary/aromatic N) is 5. The Morgan fingerprint density at radius 1 is 1.39 bits per heavy atom. The Labute approximate surface area is 110 Å². The second-order valence-electron chi connectivity index (χ2n) is 4.29. The second kappa shape index (κ2) is 5.30. The molecule has 0 atom stereocenters. The minimum absolute atomic E-state index is 0.251. The van der Waals surface area contributed by atoms with Gasteiger partial charge in [-0.25, -0.2) is 9.97 Å². The van der Waals surface area contributed by atoms with Crippen molar-refractivity contribution in [1.29, 1.82) is 0 Å². The first-order valence-corrected chi connectivity index (χ1v) is 6.04. The van der Waals surface area contributed by atoms with Crippen LogP contribution in [0.4, 0.5) is 5.82 Å². The first kappa shape index (κ1) is 12.8. The van der Waals surface area contributed by atoms with Crippen LogP contribution < -0.4 is 5.32 Å². The quantitative estimate of drug-likeness (QED) is 0.857. The summed E-state index contributed by atoms with van der Waals surface area (Å²) in [6.45, 7) is 4.65. The van der Waals surface area contributed by atoms with E-state index in [0.29, 0.717) is 11.7 Å². The van der Waals surface area contributed by atoms with Crippen LogP contribution in [0.1, 0.15) is 31.2 Å². The fraction of sp³-hybridized carbons (Fsp3) is 0.455. The highest BCUT2D eigenvalue weighted by Gasteiger charge is 2.13. The van der Waals surface area contributed by atoms with Crippen molar-refractivity contribution in [2.45, 2.75) is 26.3 Å². The van der Waals surface area contributed by atoms with E-state index in [1.807, 2.05) is 11.6 Å². The molecule has 0 amide bonds. The summed E-state index contributed by atoms with van der Waals surface area (Å²) in [4.78, 5) is 8.23. The lowest BCUT2D eigenvalue weighted by Crippen LogP contribution is -2.10. The highest BCUT2D eigenvalue weighted by molar-refractivity contribution is 6.30. The fourth-order valence-corrected chi connectivity index (χ4v) is 2.01. The van der Waals surface area contributed by atoms with E-state index in [9.17, 15) is 0 Å². The van der Waals surface area contributed by atoms with Crippen molar-refractivity contribution in [2.75, 3.05) is 5.32 Å². The lowest BCUT2D eigenvalue weighted by molar-refractivity contribution is 0.800. The predicted molar refractivity (Wildman–Crippen MR) is 69.5 cm³/mol. The van der Waals surface area contributed by atoms with E-state index in [1.165, 1.54) is 6.33 Å². The molecule has 0 radical (unpaired) electrons. The molecule has 2 aromatic rings. The maximum Gasteiger partial charge on any atom is 0.151 e. The lowest BCUT2D eigenvalue weighted by atomic mass is 10.1. The molecule has 18 heavy (non-hydrogen) atoms. The summed E-state index contributed by atoms with van der Waals surface area (Å²) >= 11 is 6.09. The van der Waals surface area contributed by atoms with Crippen LogP contribution >= 0.6 is 11.6 Å². The smallest absolute Gasteiger partial charge is 0.151 e. The Balaban J connectivity index is 2.19. The normalized spacial score (nSPS) is 10.9. The molecule has 1 N–H and O–H groups in total. The van der Waals surface area contributed by atoms with Gasteiger partial charge < -0.3 is 9.88 Å². The van der Waals surface area contributed by atoms with E-state index in [0.717, 1.165) is 17.2 Å². The number of hydrogen-bond acceptors (Lipinski definition) is 5. The lowest BCUT2D eigenvalue weighted by Gasteiger charge is -2.13. The third-order valence-corrected chi connectivity index (χ3v) is 2.93. The zero-order chi connectivity index (χ0) is 13.1. The summed E-state index contributed by atoms with van der Waals surface area (Å²) < 4.78 is 1.85. The molecule has 0 aromatic carbocycles. The van der Waals surface area contributed by atoms with Gasteiger partial charge in [-0.05, 0) is 5.92 Å². The van der Waals surface area contributed by atoms with Gasteiger partial charge in [0.1, 0.15) is 23.6 Å². The SMILES string of the molecule is CC(C)c1c(Cl)ncnc1NCc1nncn1C. The first-order chi connectivity index (χ1) is 8.59. The van der Waals surface area contributed by atoms with E-state index < -0.39 is 0 Å². The largest absolute Gasteiger partial charge is 0.362 e. The maximum atomic E-state index is 6.09. The van der Waals surface area contributed by atoms with Gasteiger partial charge in [0.2, 0.25) is 0 Å². The average molecular weight is 267 g/mol. The van der Waals surface area contributed by atoms with E-state index in [1.54, 1.807) is 6.33 Å². The van der Waals surface area contributed by atoms with Crippen LogP contribution in [0.3, 0.4) is 0 Å². The zero-order valence-corrected chi connectivity index (χ0v) is 11.3. The number of nitrogens with one attached hydrogen (secondary N) is 1. The van der Waals surface area contributed by atoms with Crippen molar-refractivity contribution in [3.05, 3.63) is 29.2 Å². The molecular weight excluding hydrogens is 252 g/mol. The van der Waals surface area contributed by atoms with Crippen LogP contribution in [0.5, 0.6) is 0 Å². The van der Waals surface area contributed by atoms with Crippen LogP contribution in [0.2, 0.25) is 5.15 Å². The summed E-state index contributed by atoms with van der Waals surface area (Å²) in [6, 6.07) is 0. The van der Waals surface area contributed by atoms with Crippen molar-refractivity contribution < 1.29 is 0 Å². The van der Waals surface area contributed by atoms with E-state index in [4.69, 9.17) is 11.6 Å². The van der Waals surface area contributed by atoms with Gasteiger partial charge in [0.15, 0.2) is 5.82 Å². The average Bonchev–Trinajstić information content (AvgIpc) is 2.71. The minimum atomic E-state index is 0.251. The zero-order valence-electron chi connectivity index (χ0n) is 10.6. The number of rotatable bonds is 4. The van der Waals surface area contributed by atoms with Gasteiger partial charge in [-0.15, -0.1) is 10.2 Å². The van der Waals surface area contributed by atoms with Crippen LogP contribution in [0, 0.1) is 0 Å². The van der Waals surface area contributed by atoms with Gasteiger partial charge in [-0.3, -0.25) is 0 Å². The summed E-state index contributed by atoms with van der Waals surface area (Å²) in [6.07, 6.45) is 3.11. The topological polar surface area (TPSA) is 68.5 Å². The highest BCUT2D eigenvalue weighted by atomic mass is 35.5.